The number of nitrogens with one attached hydrogen (secondary N) is 1. The normalized spacial score (nSPS) is 10.9. The van der Waals surface area contributed by atoms with Crippen LogP contribution in [0.15, 0.2) is 66.2 Å². The molecule has 1 N–H and O–H groups in total. The number of ether oxygens (including phenoxy) is 2. The minimum atomic E-state index is -0.665. The summed E-state index contributed by atoms with van der Waals surface area (Å²) in [5.74, 6) is 0.0644. The number of carbonyl (C=O) groups is 1. The largest absolute Gasteiger partial charge is 0.493 e. The van der Waals surface area contributed by atoms with Crippen LogP contribution in [0.2, 0.25) is 15.1 Å². The molecule has 0 saturated carbocycles. The zero-order valence-corrected chi connectivity index (χ0v) is 19.1. The number of halogens is 3. The van der Waals surface area contributed by atoms with Crippen molar-refractivity contribution in [1.82, 2.24) is 0 Å². The van der Waals surface area contributed by atoms with Crippen molar-refractivity contribution in [2.75, 3.05) is 12.4 Å². The SMILES string of the molecule is COc1cc(/C=C(\C#N)C(=O)Nc2c(Cl)cccc2Cl)cc(Cl)c1OCc1ccccc1. The number of amides is 1. The van der Waals surface area contributed by atoms with Gasteiger partial charge in [-0.05, 0) is 41.5 Å². The van der Waals surface area contributed by atoms with Gasteiger partial charge >= 0.3 is 0 Å². The highest BCUT2D eigenvalue weighted by molar-refractivity contribution is 6.40. The topological polar surface area (TPSA) is 71.3 Å². The van der Waals surface area contributed by atoms with Crippen molar-refractivity contribution >= 4 is 52.5 Å². The lowest BCUT2D eigenvalue weighted by molar-refractivity contribution is -0.112. The van der Waals surface area contributed by atoms with Crippen LogP contribution < -0.4 is 14.8 Å². The van der Waals surface area contributed by atoms with E-state index in [1.165, 1.54) is 13.2 Å². The number of anilines is 1. The Bertz CT molecular complexity index is 1180. The molecule has 0 fully saturated rings. The van der Waals surface area contributed by atoms with E-state index < -0.39 is 5.91 Å². The highest BCUT2D eigenvalue weighted by Gasteiger charge is 2.16. The number of methoxy groups -OCH3 is 1. The maximum atomic E-state index is 12.6. The molecule has 0 spiro atoms. The molecule has 0 aliphatic rings. The first-order chi connectivity index (χ1) is 15.4. The number of nitrogens with zero attached hydrogens (tertiary/aromatic N) is 1. The van der Waals surface area contributed by atoms with Crippen LogP contribution >= 0.6 is 34.8 Å². The molecule has 0 bridgehead atoms. The zero-order chi connectivity index (χ0) is 23.1. The van der Waals surface area contributed by atoms with E-state index in [4.69, 9.17) is 44.3 Å². The number of rotatable bonds is 7. The molecule has 3 rings (SSSR count). The summed E-state index contributed by atoms with van der Waals surface area (Å²) < 4.78 is 11.2. The molecule has 0 saturated heterocycles. The van der Waals surface area contributed by atoms with Gasteiger partial charge in [0.2, 0.25) is 0 Å². The Kier molecular flexibility index (Phi) is 8.02. The minimum Gasteiger partial charge on any atom is -0.493 e. The van der Waals surface area contributed by atoms with Crippen molar-refractivity contribution in [2.45, 2.75) is 6.61 Å². The number of hydrogen-bond acceptors (Lipinski definition) is 4. The van der Waals surface area contributed by atoms with Crippen LogP contribution in [-0.4, -0.2) is 13.0 Å². The maximum Gasteiger partial charge on any atom is 0.266 e. The van der Waals surface area contributed by atoms with Crippen LogP contribution in [0.1, 0.15) is 11.1 Å². The van der Waals surface area contributed by atoms with Crippen molar-refractivity contribution in [3.8, 4) is 17.6 Å². The highest BCUT2D eigenvalue weighted by Crippen LogP contribution is 2.37. The number of para-hydroxylation sites is 1. The lowest BCUT2D eigenvalue weighted by Crippen LogP contribution is -2.14. The molecule has 0 aliphatic heterocycles. The average Bonchev–Trinajstić information content (AvgIpc) is 2.79. The fraction of sp³-hybridized carbons (Fsp3) is 0.0833. The highest BCUT2D eigenvalue weighted by atomic mass is 35.5. The molecule has 8 heteroatoms. The Labute approximate surface area is 200 Å². The van der Waals surface area contributed by atoms with Crippen LogP contribution in [0.25, 0.3) is 6.08 Å². The molecule has 32 heavy (non-hydrogen) atoms. The number of hydrogen-bond donors (Lipinski definition) is 1. The molecule has 0 radical (unpaired) electrons. The Morgan fingerprint density at radius 1 is 1.03 bits per heavy atom. The van der Waals surface area contributed by atoms with E-state index in [1.54, 1.807) is 30.3 Å². The van der Waals surface area contributed by atoms with E-state index in [9.17, 15) is 10.1 Å². The van der Waals surface area contributed by atoms with Crippen LogP contribution in [-0.2, 0) is 11.4 Å². The molecule has 0 aliphatic carbocycles. The predicted molar refractivity (Wildman–Crippen MR) is 127 cm³/mol. The van der Waals surface area contributed by atoms with Crippen molar-refractivity contribution in [3.63, 3.8) is 0 Å². The Morgan fingerprint density at radius 3 is 2.34 bits per heavy atom. The quantitative estimate of drug-likeness (QED) is 0.294. The lowest BCUT2D eigenvalue weighted by atomic mass is 10.1. The van der Waals surface area contributed by atoms with Gasteiger partial charge < -0.3 is 14.8 Å². The molecule has 3 aromatic rings. The first-order valence-corrected chi connectivity index (χ1v) is 10.5. The molecule has 1 amide bonds. The molecular weight excluding hydrogens is 471 g/mol. The maximum absolute atomic E-state index is 12.6. The minimum absolute atomic E-state index is 0.169. The fourth-order valence-corrected chi connectivity index (χ4v) is 3.57. The predicted octanol–water partition coefficient (Wildman–Crippen LogP) is 6.78. The van der Waals surface area contributed by atoms with Gasteiger partial charge in [0, 0.05) is 0 Å². The standard InChI is InChI=1S/C24H17Cl3N2O3/c1-31-21-12-16(11-20(27)23(21)32-14-15-6-3-2-4-7-15)10-17(13-28)24(30)29-22-18(25)8-5-9-19(22)26/h2-12H,14H2,1H3,(H,29,30)/b17-10+. The molecule has 0 heterocycles. The van der Waals surface area contributed by atoms with Crippen LogP contribution in [0.4, 0.5) is 5.69 Å². The summed E-state index contributed by atoms with van der Waals surface area (Å²) in [7, 11) is 1.48. The number of benzene rings is 3. The summed E-state index contributed by atoms with van der Waals surface area (Å²) in [5, 5.41) is 12.9. The van der Waals surface area contributed by atoms with E-state index in [1.807, 2.05) is 36.4 Å². The first-order valence-electron chi connectivity index (χ1n) is 9.34. The van der Waals surface area contributed by atoms with Crippen molar-refractivity contribution in [2.24, 2.45) is 0 Å². The number of nitriles is 1. The van der Waals surface area contributed by atoms with Gasteiger partial charge in [-0.1, -0.05) is 71.2 Å². The van der Waals surface area contributed by atoms with Gasteiger partial charge in [0.05, 0.1) is 27.9 Å². The second kappa shape index (κ2) is 10.9. The van der Waals surface area contributed by atoms with Gasteiger partial charge in [0.1, 0.15) is 18.2 Å². The van der Waals surface area contributed by atoms with E-state index in [2.05, 4.69) is 5.32 Å². The molecule has 0 unspecified atom stereocenters. The number of carbonyl (C=O) groups excluding carboxylic acids is 1. The molecule has 0 aromatic heterocycles. The van der Waals surface area contributed by atoms with Gasteiger partial charge in [0.15, 0.2) is 11.5 Å². The van der Waals surface area contributed by atoms with E-state index in [0.29, 0.717) is 23.7 Å². The van der Waals surface area contributed by atoms with Gasteiger partial charge in [-0.15, -0.1) is 0 Å². The molecule has 162 valence electrons. The third kappa shape index (κ3) is 5.74. The van der Waals surface area contributed by atoms with Gasteiger partial charge in [0.25, 0.3) is 5.91 Å². The van der Waals surface area contributed by atoms with E-state index in [0.717, 1.165) is 5.56 Å². The smallest absolute Gasteiger partial charge is 0.266 e. The summed E-state index contributed by atoms with van der Waals surface area (Å²) in [6.07, 6.45) is 1.38. The Balaban J connectivity index is 1.85. The summed E-state index contributed by atoms with van der Waals surface area (Å²) in [6, 6.07) is 19.5. The summed E-state index contributed by atoms with van der Waals surface area (Å²) >= 11 is 18.6. The molecule has 3 aromatic carbocycles. The van der Waals surface area contributed by atoms with Gasteiger partial charge in [-0.2, -0.15) is 5.26 Å². The van der Waals surface area contributed by atoms with Crippen molar-refractivity contribution in [3.05, 3.63) is 92.4 Å². The van der Waals surface area contributed by atoms with E-state index >= 15 is 0 Å². The van der Waals surface area contributed by atoms with Crippen LogP contribution in [0.3, 0.4) is 0 Å². The second-order valence-corrected chi connectivity index (χ2v) is 7.75. The van der Waals surface area contributed by atoms with Crippen molar-refractivity contribution in [1.29, 1.82) is 5.26 Å². The molecule has 5 nitrogen and oxygen atoms in total. The van der Waals surface area contributed by atoms with E-state index in [-0.39, 0.29) is 26.3 Å². The Hall–Kier alpha value is -3.17. The molecular formula is C24H17Cl3N2O3. The average molecular weight is 488 g/mol. The van der Waals surface area contributed by atoms with Crippen molar-refractivity contribution < 1.29 is 14.3 Å². The lowest BCUT2D eigenvalue weighted by Gasteiger charge is -2.14. The summed E-state index contributed by atoms with van der Waals surface area (Å²) in [4.78, 5) is 12.6. The first kappa shape index (κ1) is 23.5. The van der Waals surface area contributed by atoms with Crippen LogP contribution in [0, 0.1) is 11.3 Å². The summed E-state index contributed by atoms with van der Waals surface area (Å²) in [5.41, 5.74) is 1.51. The van der Waals surface area contributed by atoms with Gasteiger partial charge in [-0.3, -0.25) is 4.79 Å². The van der Waals surface area contributed by atoms with Gasteiger partial charge in [-0.25, -0.2) is 0 Å². The third-order valence-corrected chi connectivity index (χ3v) is 5.27. The van der Waals surface area contributed by atoms with Crippen LogP contribution in [0.5, 0.6) is 11.5 Å². The third-order valence-electron chi connectivity index (χ3n) is 4.36. The Morgan fingerprint density at radius 2 is 1.72 bits per heavy atom. The fourth-order valence-electron chi connectivity index (χ4n) is 2.81. The monoisotopic (exact) mass is 486 g/mol. The summed E-state index contributed by atoms with van der Waals surface area (Å²) in [6.45, 7) is 0.302. The zero-order valence-electron chi connectivity index (χ0n) is 16.9. The second-order valence-electron chi connectivity index (χ2n) is 6.53. The molecule has 0 atom stereocenters.